The van der Waals surface area contributed by atoms with Gasteiger partial charge in [-0.3, -0.25) is 4.79 Å². The number of hydrogen-bond acceptors (Lipinski definition) is 3. The van der Waals surface area contributed by atoms with Gasteiger partial charge in [0.2, 0.25) is 5.91 Å². The Morgan fingerprint density at radius 2 is 2.07 bits per heavy atom. The van der Waals surface area contributed by atoms with Crippen molar-refractivity contribution in [2.45, 2.75) is 26.7 Å². The van der Waals surface area contributed by atoms with Crippen LogP contribution in [0.3, 0.4) is 0 Å². The number of ether oxygens (including phenoxy) is 1. The zero-order valence-electron chi connectivity index (χ0n) is 10.1. The van der Waals surface area contributed by atoms with Crippen molar-refractivity contribution in [3.8, 4) is 0 Å². The Bertz CT molecular complexity index is 161. The van der Waals surface area contributed by atoms with Crippen molar-refractivity contribution in [2.24, 2.45) is 5.92 Å². The van der Waals surface area contributed by atoms with Gasteiger partial charge in [0.25, 0.3) is 0 Å². The Morgan fingerprint density at radius 3 is 2.67 bits per heavy atom. The topological polar surface area (TPSA) is 50.4 Å². The minimum atomic E-state index is 0.0385. The van der Waals surface area contributed by atoms with E-state index in [-0.39, 0.29) is 5.91 Å². The predicted molar refractivity (Wildman–Crippen MR) is 61.8 cm³/mol. The van der Waals surface area contributed by atoms with Gasteiger partial charge in [-0.1, -0.05) is 13.8 Å². The molecule has 0 aromatic heterocycles. The van der Waals surface area contributed by atoms with Gasteiger partial charge in [-0.05, 0) is 25.3 Å². The van der Waals surface area contributed by atoms with Crippen molar-refractivity contribution in [3.63, 3.8) is 0 Å². The molecule has 0 aliphatic carbocycles. The van der Waals surface area contributed by atoms with Crippen LogP contribution in [-0.4, -0.2) is 39.3 Å². The molecule has 0 spiro atoms. The van der Waals surface area contributed by atoms with Crippen LogP contribution in [0.25, 0.3) is 0 Å². The maximum atomic E-state index is 11.2. The molecule has 0 saturated carbocycles. The Labute approximate surface area is 92.8 Å². The van der Waals surface area contributed by atoms with Crippen molar-refractivity contribution >= 4 is 5.91 Å². The number of carbonyl (C=O) groups excluding carboxylic acids is 1. The van der Waals surface area contributed by atoms with E-state index in [4.69, 9.17) is 4.74 Å². The summed E-state index contributed by atoms with van der Waals surface area (Å²) in [6.45, 7) is 6.88. The number of hydrogen-bond donors (Lipinski definition) is 2. The molecule has 2 N–H and O–H groups in total. The minimum absolute atomic E-state index is 0.0385. The third kappa shape index (κ3) is 11.3. The van der Waals surface area contributed by atoms with Gasteiger partial charge < -0.3 is 15.4 Å². The highest BCUT2D eigenvalue weighted by atomic mass is 16.5. The summed E-state index contributed by atoms with van der Waals surface area (Å²) in [5.41, 5.74) is 0. The molecule has 1 amide bonds. The lowest BCUT2D eigenvalue weighted by Gasteiger charge is -2.07. The lowest BCUT2D eigenvalue weighted by molar-refractivity contribution is -0.120. The standard InChI is InChI=1S/C11H24N2O2/c1-10(2)5-4-6-12-9-11(14)13-7-8-15-3/h10,12H,4-9H2,1-3H3,(H,13,14). The number of nitrogens with one attached hydrogen (secondary N) is 2. The van der Waals surface area contributed by atoms with E-state index >= 15 is 0 Å². The second-order valence-corrected chi connectivity index (χ2v) is 4.06. The molecule has 90 valence electrons. The molecule has 4 heteroatoms. The van der Waals surface area contributed by atoms with Crippen molar-refractivity contribution < 1.29 is 9.53 Å². The first-order valence-electron chi connectivity index (χ1n) is 5.63. The van der Waals surface area contributed by atoms with Crippen LogP contribution in [0.15, 0.2) is 0 Å². The van der Waals surface area contributed by atoms with E-state index in [1.165, 1.54) is 6.42 Å². The van der Waals surface area contributed by atoms with Gasteiger partial charge in [0.1, 0.15) is 0 Å². The van der Waals surface area contributed by atoms with Crippen molar-refractivity contribution in [1.82, 2.24) is 10.6 Å². The molecule has 0 fully saturated rings. The number of rotatable bonds is 9. The van der Waals surface area contributed by atoms with Crippen LogP contribution in [0, 0.1) is 5.92 Å². The molecule has 0 aromatic rings. The van der Waals surface area contributed by atoms with Crippen LogP contribution < -0.4 is 10.6 Å². The van der Waals surface area contributed by atoms with Gasteiger partial charge in [-0.15, -0.1) is 0 Å². The van der Waals surface area contributed by atoms with Crippen molar-refractivity contribution in [1.29, 1.82) is 0 Å². The van der Waals surface area contributed by atoms with E-state index in [0.29, 0.717) is 19.7 Å². The highest BCUT2D eigenvalue weighted by molar-refractivity contribution is 5.77. The van der Waals surface area contributed by atoms with E-state index < -0.39 is 0 Å². The Morgan fingerprint density at radius 1 is 1.33 bits per heavy atom. The Kier molecular flexibility index (Phi) is 9.52. The van der Waals surface area contributed by atoms with Gasteiger partial charge in [0.15, 0.2) is 0 Å². The monoisotopic (exact) mass is 216 g/mol. The molecule has 0 heterocycles. The predicted octanol–water partition coefficient (Wildman–Crippen LogP) is 0.775. The highest BCUT2D eigenvalue weighted by Crippen LogP contribution is 2.01. The molecule has 0 aliphatic rings. The van der Waals surface area contributed by atoms with Crippen LogP contribution in [0.1, 0.15) is 26.7 Å². The smallest absolute Gasteiger partial charge is 0.234 e. The fourth-order valence-electron chi connectivity index (χ4n) is 1.19. The summed E-state index contributed by atoms with van der Waals surface area (Å²) in [5, 5.41) is 5.87. The van der Waals surface area contributed by atoms with Crippen molar-refractivity contribution in [3.05, 3.63) is 0 Å². The first-order valence-corrected chi connectivity index (χ1v) is 5.63. The summed E-state index contributed by atoms with van der Waals surface area (Å²) in [4.78, 5) is 11.2. The largest absolute Gasteiger partial charge is 0.383 e. The van der Waals surface area contributed by atoms with Gasteiger partial charge in [-0.25, -0.2) is 0 Å². The summed E-state index contributed by atoms with van der Waals surface area (Å²) in [6.07, 6.45) is 2.33. The number of carbonyl (C=O) groups is 1. The Hall–Kier alpha value is -0.610. The third-order valence-corrected chi connectivity index (χ3v) is 2.05. The average molecular weight is 216 g/mol. The van der Waals surface area contributed by atoms with Crippen LogP contribution in [0.2, 0.25) is 0 Å². The maximum absolute atomic E-state index is 11.2. The number of methoxy groups -OCH3 is 1. The zero-order valence-corrected chi connectivity index (χ0v) is 10.1. The minimum Gasteiger partial charge on any atom is -0.383 e. The van der Waals surface area contributed by atoms with Crippen LogP contribution in [0.4, 0.5) is 0 Å². The molecule has 15 heavy (non-hydrogen) atoms. The first-order chi connectivity index (χ1) is 7.16. The third-order valence-electron chi connectivity index (χ3n) is 2.05. The molecular formula is C11H24N2O2. The lowest BCUT2D eigenvalue weighted by atomic mass is 10.1. The molecule has 0 aliphatic heterocycles. The van der Waals surface area contributed by atoms with E-state index in [0.717, 1.165) is 18.9 Å². The van der Waals surface area contributed by atoms with Gasteiger partial charge in [0.05, 0.1) is 13.2 Å². The van der Waals surface area contributed by atoms with E-state index in [9.17, 15) is 4.79 Å². The van der Waals surface area contributed by atoms with Gasteiger partial charge in [0, 0.05) is 13.7 Å². The number of amides is 1. The highest BCUT2D eigenvalue weighted by Gasteiger charge is 1.99. The SMILES string of the molecule is COCCNC(=O)CNCCCC(C)C. The fraction of sp³-hybridized carbons (Fsp3) is 0.909. The molecule has 0 unspecified atom stereocenters. The van der Waals surface area contributed by atoms with Gasteiger partial charge >= 0.3 is 0 Å². The lowest BCUT2D eigenvalue weighted by Crippen LogP contribution is -2.35. The summed E-state index contributed by atoms with van der Waals surface area (Å²) < 4.78 is 4.83. The van der Waals surface area contributed by atoms with E-state index in [1.807, 2.05) is 0 Å². The molecule has 0 radical (unpaired) electrons. The summed E-state index contributed by atoms with van der Waals surface area (Å²) >= 11 is 0. The quantitative estimate of drug-likeness (QED) is 0.560. The Balaban J connectivity index is 3.17. The van der Waals surface area contributed by atoms with E-state index in [2.05, 4.69) is 24.5 Å². The second-order valence-electron chi connectivity index (χ2n) is 4.06. The van der Waals surface area contributed by atoms with E-state index in [1.54, 1.807) is 7.11 Å². The van der Waals surface area contributed by atoms with Crippen LogP contribution in [0.5, 0.6) is 0 Å². The first kappa shape index (κ1) is 14.4. The normalized spacial score (nSPS) is 10.7. The second kappa shape index (κ2) is 9.93. The van der Waals surface area contributed by atoms with Crippen LogP contribution >= 0.6 is 0 Å². The summed E-state index contributed by atoms with van der Waals surface area (Å²) in [6, 6.07) is 0. The molecule has 0 bridgehead atoms. The fourth-order valence-corrected chi connectivity index (χ4v) is 1.19. The van der Waals surface area contributed by atoms with Crippen molar-refractivity contribution in [2.75, 3.05) is 33.4 Å². The van der Waals surface area contributed by atoms with Crippen LogP contribution in [-0.2, 0) is 9.53 Å². The average Bonchev–Trinajstić information content (AvgIpc) is 2.17. The summed E-state index contributed by atoms with van der Waals surface area (Å²) in [7, 11) is 1.62. The molecule has 0 aromatic carbocycles. The molecule has 4 nitrogen and oxygen atoms in total. The van der Waals surface area contributed by atoms with Gasteiger partial charge in [-0.2, -0.15) is 0 Å². The summed E-state index contributed by atoms with van der Waals surface area (Å²) in [5.74, 6) is 0.777. The molecular weight excluding hydrogens is 192 g/mol. The zero-order chi connectivity index (χ0) is 11.5. The molecule has 0 saturated heterocycles. The molecule has 0 rings (SSSR count). The maximum Gasteiger partial charge on any atom is 0.234 e. The molecule has 0 atom stereocenters.